The quantitative estimate of drug-likeness (QED) is 0.601. The van der Waals surface area contributed by atoms with E-state index in [4.69, 9.17) is 9.47 Å². The molecule has 2 aromatic carbocycles. The lowest BCUT2D eigenvalue weighted by Gasteiger charge is -2.13. The van der Waals surface area contributed by atoms with Crippen LogP contribution >= 0.6 is 0 Å². The Balaban J connectivity index is 1.94. The van der Waals surface area contributed by atoms with Gasteiger partial charge in [0.1, 0.15) is 0 Å². The molecule has 0 radical (unpaired) electrons. The number of amides is 1. The Morgan fingerprint density at radius 2 is 1.76 bits per heavy atom. The molecule has 2 N–H and O–H groups in total. The van der Waals surface area contributed by atoms with Crippen molar-refractivity contribution in [2.24, 2.45) is 0 Å². The van der Waals surface area contributed by atoms with Crippen molar-refractivity contribution >= 4 is 11.7 Å². The number of hydrogen-bond acceptors (Lipinski definition) is 4. The van der Waals surface area contributed by atoms with E-state index in [2.05, 4.69) is 15.5 Å². The molecule has 0 saturated carbocycles. The summed E-state index contributed by atoms with van der Waals surface area (Å²) in [6, 6.07) is 8.38. The van der Waals surface area contributed by atoms with Crippen LogP contribution in [0.15, 0.2) is 36.4 Å². The Labute approximate surface area is 166 Å². The molecule has 8 heteroatoms. The van der Waals surface area contributed by atoms with Gasteiger partial charge < -0.3 is 14.8 Å². The highest BCUT2D eigenvalue weighted by Gasteiger charge is 2.18. The highest BCUT2D eigenvalue weighted by molar-refractivity contribution is 6.05. The topological polar surface area (TPSA) is 76.2 Å². The lowest BCUT2D eigenvalue weighted by molar-refractivity contribution is 0.102. The van der Waals surface area contributed by atoms with Crippen molar-refractivity contribution in [2.75, 3.05) is 18.5 Å². The molecule has 0 unspecified atom stereocenters. The fourth-order valence-electron chi connectivity index (χ4n) is 2.90. The maximum absolute atomic E-state index is 13.4. The predicted molar refractivity (Wildman–Crippen MR) is 105 cm³/mol. The summed E-state index contributed by atoms with van der Waals surface area (Å²) in [7, 11) is 0. The second-order valence-electron chi connectivity index (χ2n) is 6.18. The van der Waals surface area contributed by atoms with Crippen molar-refractivity contribution in [2.45, 2.75) is 20.8 Å². The lowest BCUT2D eigenvalue weighted by atomic mass is 10.0. The highest BCUT2D eigenvalue weighted by atomic mass is 19.2. The number of nitrogens with zero attached hydrogens (tertiary/aromatic N) is 1. The van der Waals surface area contributed by atoms with E-state index < -0.39 is 17.5 Å². The molecule has 0 saturated heterocycles. The first-order chi connectivity index (χ1) is 13.9. The number of nitrogens with one attached hydrogen (secondary N) is 2. The molecule has 3 aromatic rings. The molecule has 6 nitrogen and oxygen atoms in total. The van der Waals surface area contributed by atoms with Crippen LogP contribution < -0.4 is 14.8 Å². The molecule has 0 aliphatic carbocycles. The van der Waals surface area contributed by atoms with E-state index in [1.54, 1.807) is 12.1 Å². The van der Waals surface area contributed by atoms with Crippen molar-refractivity contribution < 1.29 is 23.0 Å². The van der Waals surface area contributed by atoms with Crippen molar-refractivity contribution in [3.63, 3.8) is 0 Å². The summed E-state index contributed by atoms with van der Waals surface area (Å²) >= 11 is 0. The molecule has 1 heterocycles. The van der Waals surface area contributed by atoms with Crippen LogP contribution in [0.1, 0.15) is 29.9 Å². The number of halogens is 2. The Bertz CT molecular complexity index is 1030. The first kappa shape index (κ1) is 20.3. The maximum atomic E-state index is 13.4. The maximum Gasteiger partial charge on any atom is 0.256 e. The number of carbonyl (C=O) groups excluding carboxylic acids is 1. The van der Waals surface area contributed by atoms with Gasteiger partial charge >= 0.3 is 0 Å². The van der Waals surface area contributed by atoms with Gasteiger partial charge in [0.05, 0.1) is 13.2 Å². The molecule has 152 valence electrons. The number of carbonyl (C=O) groups is 1. The van der Waals surface area contributed by atoms with Gasteiger partial charge in [0.25, 0.3) is 5.91 Å². The van der Waals surface area contributed by atoms with Gasteiger partial charge in [-0.05, 0) is 56.7 Å². The van der Waals surface area contributed by atoms with E-state index >= 15 is 0 Å². The van der Waals surface area contributed by atoms with Crippen LogP contribution in [0.3, 0.4) is 0 Å². The molecule has 0 bridgehead atoms. The van der Waals surface area contributed by atoms with Gasteiger partial charge in [-0.2, -0.15) is 5.10 Å². The first-order valence-electron chi connectivity index (χ1n) is 9.16. The molecular weight excluding hydrogens is 380 g/mol. The third-order valence-electron chi connectivity index (χ3n) is 4.19. The second-order valence-corrected chi connectivity index (χ2v) is 6.18. The zero-order valence-corrected chi connectivity index (χ0v) is 16.3. The van der Waals surface area contributed by atoms with Gasteiger partial charge in [0.15, 0.2) is 29.0 Å². The molecule has 29 heavy (non-hydrogen) atoms. The number of benzene rings is 2. The average Bonchev–Trinajstić information content (AvgIpc) is 3.05. The first-order valence-corrected chi connectivity index (χ1v) is 9.16. The Hall–Kier alpha value is -3.42. The van der Waals surface area contributed by atoms with Crippen LogP contribution in [0.5, 0.6) is 11.5 Å². The summed E-state index contributed by atoms with van der Waals surface area (Å²) in [5.74, 6) is -1.26. The van der Waals surface area contributed by atoms with Crippen LogP contribution in [0.4, 0.5) is 14.6 Å². The molecule has 0 atom stereocenters. The average molecular weight is 401 g/mol. The molecule has 1 amide bonds. The molecule has 0 spiro atoms. The zero-order chi connectivity index (χ0) is 21.0. The summed E-state index contributed by atoms with van der Waals surface area (Å²) in [6.07, 6.45) is 0. The number of aromatic nitrogens is 2. The van der Waals surface area contributed by atoms with Crippen molar-refractivity contribution in [1.29, 1.82) is 0 Å². The third kappa shape index (κ3) is 4.37. The fourth-order valence-corrected chi connectivity index (χ4v) is 2.90. The SMILES string of the molecule is CCOc1ccc(-c2c(NC(=O)c3ccc(F)c(F)c3)n[nH]c2C)cc1OCC. The zero-order valence-electron chi connectivity index (χ0n) is 16.3. The predicted octanol–water partition coefficient (Wildman–Crippen LogP) is 4.71. The number of aromatic amines is 1. The minimum atomic E-state index is -1.09. The monoisotopic (exact) mass is 401 g/mol. The number of hydrogen-bond donors (Lipinski definition) is 2. The third-order valence-corrected chi connectivity index (χ3v) is 4.19. The van der Waals surface area contributed by atoms with E-state index in [1.807, 2.05) is 26.8 Å². The number of aryl methyl sites for hydroxylation is 1. The normalized spacial score (nSPS) is 10.7. The summed E-state index contributed by atoms with van der Waals surface area (Å²) in [4.78, 5) is 12.5. The molecule has 1 aromatic heterocycles. The molecule has 0 aliphatic heterocycles. The molecule has 0 fully saturated rings. The van der Waals surface area contributed by atoms with Crippen LogP contribution in [0, 0.1) is 18.6 Å². The fraction of sp³-hybridized carbons (Fsp3) is 0.238. The summed E-state index contributed by atoms with van der Waals surface area (Å²) in [6.45, 7) is 6.54. The van der Waals surface area contributed by atoms with Gasteiger partial charge in [0.2, 0.25) is 0 Å². The standard InChI is InChI=1S/C21H21F2N3O3/c1-4-28-17-9-7-13(11-18(17)29-5-2)19-12(3)25-26-20(19)24-21(27)14-6-8-15(22)16(23)10-14/h6-11H,4-5H2,1-3H3,(H2,24,25,26,27). The lowest BCUT2D eigenvalue weighted by Crippen LogP contribution is -2.13. The van der Waals surface area contributed by atoms with Gasteiger partial charge in [-0.15, -0.1) is 0 Å². The minimum absolute atomic E-state index is 0.0165. The van der Waals surface area contributed by atoms with Gasteiger partial charge in [-0.25, -0.2) is 8.78 Å². The van der Waals surface area contributed by atoms with E-state index in [-0.39, 0.29) is 11.4 Å². The molecular formula is C21H21F2N3O3. The molecule has 0 aliphatic rings. The number of rotatable bonds is 7. The van der Waals surface area contributed by atoms with Gasteiger partial charge in [-0.3, -0.25) is 9.89 Å². The Morgan fingerprint density at radius 1 is 1.03 bits per heavy atom. The Kier molecular flexibility index (Phi) is 6.11. The van der Waals surface area contributed by atoms with E-state index in [1.165, 1.54) is 6.07 Å². The summed E-state index contributed by atoms with van der Waals surface area (Å²) in [5.41, 5.74) is 2.11. The van der Waals surface area contributed by atoms with E-state index in [0.29, 0.717) is 30.3 Å². The van der Waals surface area contributed by atoms with E-state index in [9.17, 15) is 13.6 Å². The van der Waals surface area contributed by atoms with Gasteiger partial charge in [-0.1, -0.05) is 6.07 Å². The van der Waals surface area contributed by atoms with Crippen LogP contribution in [-0.4, -0.2) is 29.3 Å². The van der Waals surface area contributed by atoms with Crippen LogP contribution in [0.25, 0.3) is 11.1 Å². The summed E-state index contributed by atoms with van der Waals surface area (Å²) < 4.78 is 37.8. The van der Waals surface area contributed by atoms with Crippen molar-refractivity contribution in [3.05, 3.63) is 59.3 Å². The van der Waals surface area contributed by atoms with Crippen LogP contribution in [0.2, 0.25) is 0 Å². The van der Waals surface area contributed by atoms with Crippen molar-refractivity contribution in [1.82, 2.24) is 10.2 Å². The number of ether oxygens (including phenoxy) is 2. The van der Waals surface area contributed by atoms with E-state index in [0.717, 1.165) is 23.4 Å². The number of anilines is 1. The van der Waals surface area contributed by atoms with Crippen molar-refractivity contribution in [3.8, 4) is 22.6 Å². The summed E-state index contributed by atoms with van der Waals surface area (Å²) in [5, 5.41) is 9.61. The molecule has 3 rings (SSSR count). The second kappa shape index (κ2) is 8.72. The number of H-pyrrole nitrogens is 1. The smallest absolute Gasteiger partial charge is 0.256 e. The minimum Gasteiger partial charge on any atom is -0.490 e. The largest absolute Gasteiger partial charge is 0.490 e. The van der Waals surface area contributed by atoms with Crippen LogP contribution in [-0.2, 0) is 0 Å². The highest BCUT2D eigenvalue weighted by Crippen LogP contribution is 2.36. The Morgan fingerprint density at radius 3 is 2.45 bits per heavy atom. The van der Waals surface area contributed by atoms with Gasteiger partial charge in [0, 0.05) is 16.8 Å².